The maximum absolute atomic E-state index is 12.9. The standard InChI is InChI=1S/C21H18N4O3S/c26-21(17-13-29-20(22-17)15-4-2-1-3-5-15)25-9-6-14(7-10-25)18-23-24-19(28-18)16-8-11-27-12-16/h1-5,8,11-14H,6-7,9-10H2. The summed E-state index contributed by atoms with van der Waals surface area (Å²) in [5.41, 5.74) is 2.31. The third-order valence-electron chi connectivity index (χ3n) is 5.08. The summed E-state index contributed by atoms with van der Waals surface area (Å²) >= 11 is 1.49. The minimum absolute atomic E-state index is 0.0218. The molecule has 0 unspecified atom stereocenters. The van der Waals surface area contributed by atoms with E-state index in [0.717, 1.165) is 29.0 Å². The van der Waals surface area contributed by atoms with Crippen LogP contribution in [0.25, 0.3) is 22.0 Å². The first-order valence-corrected chi connectivity index (χ1v) is 10.3. The molecule has 3 aromatic heterocycles. The summed E-state index contributed by atoms with van der Waals surface area (Å²) in [6.07, 6.45) is 4.73. The van der Waals surface area contributed by atoms with Gasteiger partial charge < -0.3 is 13.7 Å². The number of benzene rings is 1. The number of thiazole rings is 1. The smallest absolute Gasteiger partial charge is 0.273 e. The fraction of sp³-hybridized carbons (Fsp3) is 0.238. The molecule has 1 aliphatic heterocycles. The molecule has 146 valence electrons. The van der Waals surface area contributed by atoms with Gasteiger partial charge in [-0.25, -0.2) is 4.98 Å². The van der Waals surface area contributed by atoms with E-state index in [2.05, 4.69) is 15.2 Å². The zero-order valence-electron chi connectivity index (χ0n) is 15.5. The Kier molecular flexibility index (Phi) is 4.69. The summed E-state index contributed by atoms with van der Waals surface area (Å²) in [6.45, 7) is 1.29. The van der Waals surface area contributed by atoms with Gasteiger partial charge >= 0.3 is 0 Å². The molecule has 1 fully saturated rings. The Morgan fingerprint density at radius 3 is 2.66 bits per heavy atom. The summed E-state index contributed by atoms with van der Waals surface area (Å²) in [7, 11) is 0. The van der Waals surface area contributed by atoms with Crippen molar-refractivity contribution in [3.63, 3.8) is 0 Å². The van der Waals surface area contributed by atoms with Crippen LogP contribution in [0.15, 0.2) is 63.1 Å². The number of carbonyl (C=O) groups excluding carboxylic acids is 1. The molecule has 1 saturated heterocycles. The van der Waals surface area contributed by atoms with Gasteiger partial charge in [0.05, 0.1) is 11.8 Å². The van der Waals surface area contributed by atoms with Crippen LogP contribution in [0.2, 0.25) is 0 Å². The second kappa shape index (κ2) is 7.63. The van der Waals surface area contributed by atoms with Crippen LogP contribution in [0.1, 0.15) is 35.1 Å². The Morgan fingerprint density at radius 1 is 1.07 bits per heavy atom. The minimum Gasteiger partial charge on any atom is -0.472 e. The van der Waals surface area contributed by atoms with Crippen LogP contribution in [-0.4, -0.2) is 39.1 Å². The van der Waals surface area contributed by atoms with Crippen molar-refractivity contribution in [3.05, 3.63) is 65.9 Å². The van der Waals surface area contributed by atoms with Crippen molar-refractivity contribution in [2.45, 2.75) is 18.8 Å². The number of hydrogen-bond donors (Lipinski definition) is 0. The van der Waals surface area contributed by atoms with Gasteiger partial charge in [-0.2, -0.15) is 0 Å². The fourth-order valence-corrected chi connectivity index (χ4v) is 4.28. The molecule has 0 saturated carbocycles. The van der Waals surface area contributed by atoms with Gasteiger partial charge in [-0.05, 0) is 18.9 Å². The molecule has 0 bridgehead atoms. The van der Waals surface area contributed by atoms with Gasteiger partial charge in [0.2, 0.25) is 5.89 Å². The van der Waals surface area contributed by atoms with E-state index in [1.54, 1.807) is 18.6 Å². The topological polar surface area (TPSA) is 85.3 Å². The molecular weight excluding hydrogens is 388 g/mol. The van der Waals surface area contributed by atoms with Crippen LogP contribution in [0.5, 0.6) is 0 Å². The molecule has 1 aromatic carbocycles. The Hall–Kier alpha value is -3.26. The van der Waals surface area contributed by atoms with Crippen LogP contribution < -0.4 is 0 Å². The zero-order valence-corrected chi connectivity index (χ0v) is 16.3. The number of nitrogens with zero attached hydrogens (tertiary/aromatic N) is 4. The Morgan fingerprint density at radius 2 is 1.90 bits per heavy atom. The highest BCUT2D eigenvalue weighted by Gasteiger charge is 2.29. The number of likely N-dealkylation sites (tertiary alicyclic amines) is 1. The fourth-order valence-electron chi connectivity index (χ4n) is 3.48. The predicted molar refractivity (Wildman–Crippen MR) is 107 cm³/mol. The lowest BCUT2D eigenvalue weighted by Gasteiger charge is -2.29. The third kappa shape index (κ3) is 3.58. The number of aromatic nitrogens is 3. The highest BCUT2D eigenvalue weighted by molar-refractivity contribution is 7.13. The quantitative estimate of drug-likeness (QED) is 0.497. The van der Waals surface area contributed by atoms with Crippen LogP contribution in [-0.2, 0) is 0 Å². The summed E-state index contributed by atoms with van der Waals surface area (Å²) in [6, 6.07) is 11.7. The Balaban J connectivity index is 1.23. The number of carbonyl (C=O) groups is 1. The predicted octanol–water partition coefficient (Wildman–Crippen LogP) is 4.47. The van der Waals surface area contributed by atoms with E-state index >= 15 is 0 Å². The SMILES string of the molecule is O=C(c1csc(-c2ccccc2)n1)N1CCC(c2nnc(-c3ccoc3)o2)CC1. The van der Waals surface area contributed by atoms with E-state index < -0.39 is 0 Å². The molecule has 29 heavy (non-hydrogen) atoms. The minimum atomic E-state index is -0.0218. The van der Waals surface area contributed by atoms with Crippen LogP contribution in [0, 0.1) is 0 Å². The largest absolute Gasteiger partial charge is 0.472 e. The van der Waals surface area contributed by atoms with Gasteiger partial charge in [-0.15, -0.1) is 21.5 Å². The van der Waals surface area contributed by atoms with Crippen molar-refractivity contribution in [3.8, 4) is 22.0 Å². The molecule has 8 heteroatoms. The molecule has 5 rings (SSSR count). The molecule has 4 aromatic rings. The molecule has 0 spiro atoms. The lowest BCUT2D eigenvalue weighted by molar-refractivity contribution is 0.0701. The Labute approximate surface area is 171 Å². The van der Waals surface area contributed by atoms with Crippen LogP contribution >= 0.6 is 11.3 Å². The summed E-state index contributed by atoms with van der Waals surface area (Å²) in [5, 5.41) is 11.0. The molecule has 0 radical (unpaired) electrons. The van der Waals surface area contributed by atoms with E-state index in [-0.39, 0.29) is 11.8 Å². The van der Waals surface area contributed by atoms with E-state index in [0.29, 0.717) is 30.6 Å². The van der Waals surface area contributed by atoms with Gasteiger partial charge in [0.25, 0.3) is 11.8 Å². The Bertz CT molecular complexity index is 1100. The first kappa shape index (κ1) is 17.8. The zero-order chi connectivity index (χ0) is 19.6. The molecular formula is C21H18N4O3S. The van der Waals surface area contributed by atoms with Crippen molar-refractivity contribution in [2.24, 2.45) is 0 Å². The van der Waals surface area contributed by atoms with Gasteiger partial charge in [0, 0.05) is 30.0 Å². The third-order valence-corrected chi connectivity index (χ3v) is 5.98. The number of furan rings is 1. The first-order chi connectivity index (χ1) is 14.3. The van der Waals surface area contributed by atoms with E-state index in [1.165, 1.54) is 11.3 Å². The number of piperidine rings is 1. The van der Waals surface area contributed by atoms with Crippen molar-refractivity contribution < 1.29 is 13.6 Å². The van der Waals surface area contributed by atoms with Gasteiger partial charge in [0.1, 0.15) is 17.0 Å². The highest BCUT2D eigenvalue weighted by atomic mass is 32.1. The molecule has 4 heterocycles. The average molecular weight is 406 g/mol. The molecule has 0 N–H and O–H groups in total. The summed E-state index contributed by atoms with van der Waals surface area (Å²) in [5.74, 6) is 1.21. The van der Waals surface area contributed by atoms with Gasteiger partial charge in [-0.3, -0.25) is 4.79 Å². The van der Waals surface area contributed by atoms with Gasteiger partial charge in [-0.1, -0.05) is 30.3 Å². The van der Waals surface area contributed by atoms with Crippen LogP contribution in [0.3, 0.4) is 0 Å². The second-order valence-corrected chi connectivity index (χ2v) is 7.79. The van der Waals surface area contributed by atoms with Crippen LogP contribution in [0.4, 0.5) is 0 Å². The molecule has 0 atom stereocenters. The molecule has 1 aliphatic rings. The van der Waals surface area contributed by atoms with Gasteiger partial charge in [0.15, 0.2) is 0 Å². The first-order valence-electron chi connectivity index (χ1n) is 9.44. The molecule has 0 aliphatic carbocycles. The average Bonchev–Trinajstić information content (AvgIpc) is 3.55. The summed E-state index contributed by atoms with van der Waals surface area (Å²) in [4.78, 5) is 19.3. The van der Waals surface area contributed by atoms with E-state index in [1.807, 2.05) is 40.6 Å². The number of hydrogen-bond acceptors (Lipinski definition) is 7. The maximum atomic E-state index is 12.9. The van der Waals surface area contributed by atoms with E-state index in [4.69, 9.17) is 8.83 Å². The maximum Gasteiger partial charge on any atom is 0.273 e. The molecule has 7 nitrogen and oxygen atoms in total. The normalized spacial score (nSPS) is 15.0. The summed E-state index contributed by atoms with van der Waals surface area (Å²) < 4.78 is 10.9. The second-order valence-electron chi connectivity index (χ2n) is 6.93. The van der Waals surface area contributed by atoms with Crippen molar-refractivity contribution >= 4 is 17.2 Å². The van der Waals surface area contributed by atoms with Crippen molar-refractivity contribution in [1.82, 2.24) is 20.1 Å². The lowest BCUT2D eigenvalue weighted by Crippen LogP contribution is -2.38. The number of amides is 1. The van der Waals surface area contributed by atoms with Crippen molar-refractivity contribution in [2.75, 3.05) is 13.1 Å². The monoisotopic (exact) mass is 406 g/mol. The lowest BCUT2D eigenvalue weighted by atomic mass is 9.96. The molecule has 1 amide bonds. The highest BCUT2D eigenvalue weighted by Crippen LogP contribution is 2.30. The van der Waals surface area contributed by atoms with Crippen molar-refractivity contribution in [1.29, 1.82) is 0 Å². The number of rotatable bonds is 4. The van der Waals surface area contributed by atoms with E-state index in [9.17, 15) is 4.79 Å².